The Labute approximate surface area is 112 Å². The molecule has 1 aliphatic rings. The molecular weight excluding hydrogens is 226 g/mol. The topological polar surface area (TPSA) is 40.5 Å². The van der Waals surface area contributed by atoms with Crippen LogP contribution in [0.25, 0.3) is 0 Å². The van der Waals surface area contributed by atoms with E-state index in [4.69, 9.17) is 0 Å². The molecule has 1 fully saturated rings. The molecule has 0 bridgehead atoms. The number of rotatable bonds is 7. The fraction of sp³-hybridized carbons (Fsp3) is 0.933. The van der Waals surface area contributed by atoms with Gasteiger partial charge in [0.25, 0.3) is 0 Å². The molecule has 0 aliphatic carbocycles. The molecule has 2 unspecified atom stereocenters. The van der Waals surface area contributed by atoms with Gasteiger partial charge in [-0.05, 0) is 39.2 Å². The molecule has 1 saturated heterocycles. The smallest absolute Gasteiger partial charge is 0.310 e. The molecule has 3 nitrogen and oxygen atoms in total. The van der Waals surface area contributed by atoms with Gasteiger partial charge in [-0.3, -0.25) is 9.69 Å². The van der Waals surface area contributed by atoms with Crippen molar-refractivity contribution in [1.29, 1.82) is 0 Å². The molecule has 1 rings (SSSR count). The van der Waals surface area contributed by atoms with Crippen molar-refractivity contribution < 1.29 is 9.90 Å². The normalized spacial score (nSPS) is 24.7. The standard InChI is InChI=1S/C15H29NO2/c1-4-8-13-9-6-7-11-16(13)12-15(3,10-5-2)14(17)18/h13H,4-12H2,1-3H3,(H,17,18). The van der Waals surface area contributed by atoms with E-state index in [0.717, 1.165) is 25.9 Å². The third-order valence-electron chi connectivity index (χ3n) is 4.24. The molecule has 0 aromatic rings. The minimum atomic E-state index is -0.634. The van der Waals surface area contributed by atoms with Crippen LogP contribution in [0.15, 0.2) is 0 Å². The first kappa shape index (κ1) is 15.5. The number of carbonyl (C=O) groups is 1. The summed E-state index contributed by atoms with van der Waals surface area (Å²) in [6.45, 7) is 8.00. The summed E-state index contributed by atoms with van der Waals surface area (Å²) in [6, 6.07) is 0.610. The Kier molecular flexibility index (Phi) is 6.13. The van der Waals surface area contributed by atoms with Crippen molar-refractivity contribution in [3.8, 4) is 0 Å². The van der Waals surface area contributed by atoms with Gasteiger partial charge in [-0.25, -0.2) is 0 Å². The summed E-state index contributed by atoms with van der Waals surface area (Å²) >= 11 is 0. The van der Waals surface area contributed by atoms with Gasteiger partial charge in [0.05, 0.1) is 5.41 Å². The number of carboxylic acid groups (broad SMARTS) is 1. The number of nitrogens with zero attached hydrogens (tertiary/aromatic N) is 1. The van der Waals surface area contributed by atoms with E-state index >= 15 is 0 Å². The molecule has 0 spiro atoms. The lowest BCUT2D eigenvalue weighted by molar-refractivity contribution is -0.150. The first-order valence-corrected chi connectivity index (χ1v) is 7.51. The zero-order chi connectivity index (χ0) is 13.6. The van der Waals surface area contributed by atoms with Crippen LogP contribution in [0.1, 0.15) is 65.7 Å². The van der Waals surface area contributed by atoms with Crippen LogP contribution in [0.4, 0.5) is 0 Å². The van der Waals surface area contributed by atoms with Crippen molar-refractivity contribution in [2.24, 2.45) is 5.41 Å². The van der Waals surface area contributed by atoms with Crippen LogP contribution in [0.5, 0.6) is 0 Å². The number of piperidine rings is 1. The van der Waals surface area contributed by atoms with Crippen LogP contribution in [-0.2, 0) is 4.79 Å². The summed E-state index contributed by atoms with van der Waals surface area (Å²) in [5.41, 5.74) is -0.571. The minimum Gasteiger partial charge on any atom is -0.481 e. The van der Waals surface area contributed by atoms with Gasteiger partial charge in [0, 0.05) is 12.6 Å². The average Bonchev–Trinajstić information content (AvgIpc) is 2.32. The summed E-state index contributed by atoms with van der Waals surface area (Å²) in [5.74, 6) is -0.634. The molecular formula is C15H29NO2. The van der Waals surface area contributed by atoms with Gasteiger partial charge in [-0.15, -0.1) is 0 Å². The molecule has 0 aromatic heterocycles. The van der Waals surface area contributed by atoms with Crippen molar-refractivity contribution in [3.05, 3.63) is 0 Å². The third kappa shape index (κ3) is 3.98. The molecule has 3 heteroatoms. The van der Waals surface area contributed by atoms with Crippen LogP contribution < -0.4 is 0 Å². The van der Waals surface area contributed by atoms with E-state index in [1.165, 1.54) is 32.1 Å². The first-order chi connectivity index (χ1) is 8.53. The fourth-order valence-corrected chi connectivity index (χ4v) is 3.18. The molecule has 1 aliphatic heterocycles. The predicted molar refractivity (Wildman–Crippen MR) is 74.8 cm³/mol. The molecule has 2 atom stereocenters. The van der Waals surface area contributed by atoms with Gasteiger partial charge in [0.2, 0.25) is 0 Å². The van der Waals surface area contributed by atoms with E-state index in [1.54, 1.807) is 0 Å². The van der Waals surface area contributed by atoms with E-state index in [1.807, 2.05) is 6.92 Å². The highest BCUT2D eigenvalue weighted by Gasteiger charge is 2.36. The lowest BCUT2D eigenvalue weighted by Gasteiger charge is -2.40. The maximum Gasteiger partial charge on any atom is 0.310 e. The summed E-state index contributed by atoms with van der Waals surface area (Å²) in [5, 5.41) is 9.48. The third-order valence-corrected chi connectivity index (χ3v) is 4.24. The summed E-state index contributed by atoms with van der Waals surface area (Å²) < 4.78 is 0. The van der Waals surface area contributed by atoms with Crippen LogP contribution >= 0.6 is 0 Å². The minimum absolute atomic E-state index is 0.571. The van der Waals surface area contributed by atoms with E-state index in [2.05, 4.69) is 18.7 Å². The van der Waals surface area contributed by atoms with E-state index in [9.17, 15) is 9.90 Å². The Balaban J connectivity index is 2.68. The Bertz CT molecular complexity index is 265. The van der Waals surface area contributed by atoms with Crippen molar-refractivity contribution >= 4 is 5.97 Å². The Morgan fingerprint density at radius 3 is 2.61 bits per heavy atom. The highest BCUT2D eigenvalue weighted by Crippen LogP contribution is 2.29. The van der Waals surface area contributed by atoms with Crippen LogP contribution in [0.2, 0.25) is 0 Å². The summed E-state index contributed by atoms with van der Waals surface area (Å²) in [6.07, 6.45) is 7.89. The number of hydrogen-bond donors (Lipinski definition) is 1. The number of likely N-dealkylation sites (tertiary alicyclic amines) is 1. The quantitative estimate of drug-likeness (QED) is 0.756. The van der Waals surface area contributed by atoms with E-state index in [-0.39, 0.29) is 0 Å². The second-order valence-electron chi connectivity index (χ2n) is 6.02. The number of hydrogen-bond acceptors (Lipinski definition) is 2. The van der Waals surface area contributed by atoms with Crippen molar-refractivity contribution in [2.75, 3.05) is 13.1 Å². The Hall–Kier alpha value is -0.570. The molecule has 0 aromatic carbocycles. The molecule has 1 N–H and O–H groups in total. The van der Waals surface area contributed by atoms with Gasteiger partial charge < -0.3 is 5.11 Å². The van der Waals surface area contributed by atoms with Crippen LogP contribution in [0.3, 0.4) is 0 Å². The Morgan fingerprint density at radius 1 is 1.33 bits per heavy atom. The highest BCUT2D eigenvalue weighted by molar-refractivity contribution is 5.74. The zero-order valence-corrected chi connectivity index (χ0v) is 12.2. The van der Waals surface area contributed by atoms with Gasteiger partial charge in [-0.1, -0.05) is 33.1 Å². The second-order valence-corrected chi connectivity index (χ2v) is 6.02. The summed E-state index contributed by atoms with van der Waals surface area (Å²) in [7, 11) is 0. The predicted octanol–water partition coefficient (Wildman–Crippen LogP) is 3.53. The maximum absolute atomic E-state index is 11.5. The molecule has 0 amide bonds. The van der Waals surface area contributed by atoms with Gasteiger partial charge in [0.1, 0.15) is 0 Å². The largest absolute Gasteiger partial charge is 0.481 e. The van der Waals surface area contributed by atoms with Crippen molar-refractivity contribution in [3.63, 3.8) is 0 Å². The molecule has 1 heterocycles. The summed E-state index contributed by atoms with van der Waals surface area (Å²) in [4.78, 5) is 14.0. The van der Waals surface area contributed by atoms with Gasteiger partial charge in [-0.2, -0.15) is 0 Å². The van der Waals surface area contributed by atoms with E-state index < -0.39 is 11.4 Å². The second kappa shape index (κ2) is 7.13. The monoisotopic (exact) mass is 255 g/mol. The Morgan fingerprint density at radius 2 is 2.06 bits per heavy atom. The molecule has 106 valence electrons. The number of aliphatic carboxylic acids is 1. The zero-order valence-electron chi connectivity index (χ0n) is 12.2. The SMILES string of the molecule is CCCC1CCCCN1CC(C)(CCC)C(=O)O. The molecule has 0 radical (unpaired) electrons. The van der Waals surface area contributed by atoms with Crippen LogP contribution in [-0.4, -0.2) is 35.1 Å². The molecule has 18 heavy (non-hydrogen) atoms. The highest BCUT2D eigenvalue weighted by atomic mass is 16.4. The molecule has 0 saturated carbocycles. The van der Waals surface area contributed by atoms with Crippen LogP contribution in [0, 0.1) is 5.41 Å². The maximum atomic E-state index is 11.5. The lowest BCUT2D eigenvalue weighted by Crippen LogP contribution is -2.48. The lowest BCUT2D eigenvalue weighted by atomic mass is 9.83. The van der Waals surface area contributed by atoms with Gasteiger partial charge >= 0.3 is 5.97 Å². The van der Waals surface area contributed by atoms with Crippen molar-refractivity contribution in [2.45, 2.75) is 71.8 Å². The van der Waals surface area contributed by atoms with Gasteiger partial charge in [0.15, 0.2) is 0 Å². The average molecular weight is 255 g/mol. The number of carboxylic acids is 1. The fourth-order valence-electron chi connectivity index (χ4n) is 3.18. The van der Waals surface area contributed by atoms with Crippen molar-refractivity contribution in [1.82, 2.24) is 4.90 Å². The van der Waals surface area contributed by atoms with E-state index in [0.29, 0.717) is 6.04 Å². The first-order valence-electron chi connectivity index (χ1n) is 7.51.